The zero-order valence-electron chi connectivity index (χ0n) is 7.46. The number of hydrogen-bond donors (Lipinski definition) is 1. The summed E-state index contributed by atoms with van der Waals surface area (Å²) in [4.78, 5) is 0. The first-order chi connectivity index (χ1) is 5.83. The molecule has 0 saturated carbocycles. The predicted octanol–water partition coefficient (Wildman–Crippen LogP) is 2.48. The van der Waals surface area contributed by atoms with Gasteiger partial charge in [0.05, 0.1) is 0 Å². The van der Waals surface area contributed by atoms with E-state index < -0.39 is 0 Å². The van der Waals surface area contributed by atoms with Crippen molar-refractivity contribution >= 4 is 18.5 Å². The minimum atomic E-state index is -0.194. The molecule has 0 aliphatic carbocycles. The van der Waals surface area contributed by atoms with Crippen LogP contribution >= 0.6 is 12.4 Å². The lowest BCUT2D eigenvalue weighted by atomic mass is 10.2. The molecule has 0 unspecified atom stereocenters. The number of nitrogens with one attached hydrogen (secondary N) is 1. The maximum atomic E-state index is 12.4. The van der Waals surface area contributed by atoms with E-state index in [0.29, 0.717) is 0 Å². The molecular weight excluding hydrogens is 189 g/mol. The fourth-order valence-corrected chi connectivity index (χ4v) is 0.887. The van der Waals surface area contributed by atoms with E-state index in [2.05, 4.69) is 5.32 Å². The van der Waals surface area contributed by atoms with Crippen LogP contribution in [0.1, 0.15) is 5.56 Å². The Hall–Kier alpha value is -0.860. The van der Waals surface area contributed by atoms with Crippen LogP contribution in [0.15, 0.2) is 30.3 Å². The first kappa shape index (κ1) is 12.1. The van der Waals surface area contributed by atoms with Crippen molar-refractivity contribution in [3.8, 4) is 0 Å². The van der Waals surface area contributed by atoms with Gasteiger partial charge in [-0.1, -0.05) is 24.3 Å². The Morgan fingerprint density at radius 2 is 1.92 bits per heavy atom. The summed E-state index contributed by atoms with van der Waals surface area (Å²) in [5.74, 6) is -0.194. The Morgan fingerprint density at radius 3 is 2.46 bits per heavy atom. The maximum Gasteiger partial charge on any atom is 0.123 e. The summed E-state index contributed by atoms with van der Waals surface area (Å²) < 4.78 is 12.4. The van der Waals surface area contributed by atoms with Gasteiger partial charge < -0.3 is 5.32 Å². The molecular formula is C10H13ClFN. The van der Waals surface area contributed by atoms with E-state index in [1.807, 2.05) is 19.2 Å². The first-order valence-electron chi connectivity index (χ1n) is 3.89. The van der Waals surface area contributed by atoms with Gasteiger partial charge in [0, 0.05) is 6.54 Å². The second-order valence-electron chi connectivity index (χ2n) is 2.51. The third-order valence-corrected chi connectivity index (χ3v) is 1.50. The zero-order valence-corrected chi connectivity index (χ0v) is 8.27. The molecule has 0 fully saturated rings. The smallest absolute Gasteiger partial charge is 0.123 e. The lowest BCUT2D eigenvalue weighted by Gasteiger charge is -1.92. The van der Waals surface area contributed by atoms with Crippen molar-refractivity contribution in [3.05, 3.63) is 41.7 Å². The van der Waals surface area contributed by atoms with Gasteiger partial charge in [0.2, 0.25) is 0 Å². The Bertz CT molecular complexity index is 256. The Balaban J connectivity index is 0.00000144. The maximum absolute atomic E-state index is 12.4. The molecule has 1 aromatic carbocycles. The van der Waals surface area contributed by atoms with Crippen molar-refractivity contribution in [1.82, 2.24) is 5.32 Å². The summed E-state index contributed by atoms with van der Waals surface area (Å²) in [6, 6.07) is 6.42. The largest absolute Gasteiger partial charge is 0.316 e. The molecule has 1 nitrogen and oxygen atoms in total. The van der Waals surface area contributed by atoms with E-state index in [-0.39, 0.29) is 18.2 Å². The summed E-state index contributed by atoms with van der Waals surface area (Å²) >= 11 is 0. The minimum Gasteiger partial charge on any atom is -0.316 e. The monoisotopic (exact) mass is 201 g/mol. The third-order valence-electron chi connectivity index (χ3n) is 1.50. The topological polar surface area (TPSA) is 12.0 Å². The third kappa shape index (κ3) is 4.65. The summed E-state index contributed by atoms with van der Waals surface area (Å²) in [6.07, 6.45) is 3.95. The molecule has 1 rings (SSSR count). The highest BCUT2D eigenvalue weighted by Crippen LogP contribution is 2.03. The molecule has 3 heteroatoms. The van der Waals surface area contributed by atoms with Crippen LogP contribution in [0, 0.1) is 5.82 Å². The SMILES string of the molecule is CNC/C=C/c1ccc(F)cc1.Cl. The van der Waals surface area contributed by atoms with Crippen LogP contribution in [0.25, 0.3) is 6.08 Å². The van der Waals surface area contributed by atoms with Crippen LogP contribution in [0.5, 0.6) is 0 Å². The van der Waals surface area contributed by atoms with Crippen LogP contribution < -0.4 is 5.32 Å². The zero-order chi connectivity index (χ0) is 8.81. The van der Waals surface area contributed by atoms with Crippen LogP contribution in [0.2, 0.25) is 0 Å². The number of halogens is 2. The lowest BCUT2D eigenvalue weighted by molar-refractivity contribution is 0.628. The predicted molar refractivity (Wildman–Crippen MR) is 56.6 cm³/mol. The molecule has 0 aromatic heterocycles. The van der Waals surface area contributed by atoms with Gasteiger partial charge in [0.15, 0.2) is 0 Å². The van der Waals surface area contributed by atoms with Crippen molar-refractivity contribution in [2.24, 2.45) is 0 Å². The summed E-state index contributed by atoms with van der Waals surface area (Å²) in [7, 11) is 1.88. The Morgan fingerprint density at radius 1 is 1.31 bits per heavy atom. The van der Waals surface area contributed by atoms with E-state index in [9.17, 15) is 4.39 Å². The molecule has 0 bridgehead atoms. The first-order valence-corrected chi connectivity index (χ1v) is 3.89. The van der Waals surface area contributed by atoms with Gasteiger partial charge in [0.25, 0.3) is 0 Å². The Kier molecular flexibility index (Phi) is 6.20. The van der Waals surface area contributed by atoms with Crippen LogP contribution in [-0.4, -0.2) is 13.6 Å². The molecule has 13 heavy (non-hydrogen) atoms. The van der Waals surface area contributed by atoms with Crippen molar-refractivity contribution in [3.63, 3.8) is 0 Å². The van der Waals surface area contributed by atoms with Crippen LogP contribution in [0.3, 0.4) is 0 Å². The van der Waals surface area contributed by atoms with Gasteiger partial charge in [0.1, 0.15) is 5.82 Å². The molecule has 0 aliphatic rings. The van der Waals surface area contributed by atoms with Crippen molar-refractivity contribution in [2.75, 3.05) is 13.6 Å². The number of benzene rings is 1. The van der Waals surface area contributed by atoms with Gasteiger partial charge in [-0.15, -0.1) is 12.4 Å². The number of likely N-dealkylation sites (N-methyl/N-ethyl adjacent to an activating group) is 1. The molecule has 1 N–H and O–H groups in total. The van der Waals surface area contributed by atoms with E-state index in [4.69, 9.17) is 0 Å². The molecule has 0 aliphatic heterocycles. The standard InChI is InChI=1S/C10H12FN.ClH/c1-12-8-2-3-9-4-6-10(11)7-5-9;/h2-7,12H,8H2,1H3;1H/b3-2+;. The van der Waals surface area contributed by atoms with Crippen LogP contribution in [0.4, 0.5) is 4.39 Å². The highest BCUT2D eigenvalue weighted by Gasteiger charge is 1.87. The van der Waals surface area contributed by atoms with E-state index in [1.54, 1.807) is 12.1 Å². The number of hydrogen-bond acceptors (Lipinski definition) is 1. The molecule has 0 atom stereocenters. The normalized spacial score (nSPS) is 10.0. The van der Waals surface area contributed by atoms with Gasteiger partial charge in [-0.25, -0.2) is 4.39 Å². The van der Waals surface area contributed by atoms with Gasteiger partial charge in [-0.2, -0.15) is 0 Å². The summed E-state index contributed by atoms with van der Waals surface area (Å²) in [5.41, 5.74) is 1.02. The fraction of sp³-hybridized carbons (Fsp3) is 0.200. The van der Waals surface area contributed by atoms with E-state index in [0.717, 1.165) is 12.1 Å². The van der Waals surface area contributed by atoms with Crippen molar-refractivity contribution in [2.45, 2.75) is 0 Å². The highest BCUT2D eigenvalue weighted by molar-refractivity contribution is 5.85. The van der Waals surface area contributed by atoms with Gasteiger partial charge in [-0.05, 0) is 24.7 Å². The summed E-state index contributed by atoms with van der Waals surface area (Å²) in [6.45, 7) is 0.831. The van der Waals surface area contributed by atoms with Gasteiger partial charge in [-0.3, -0.25) is 0 Å². The van der Waals surface area contributed by atoms with Gasteiger partial charge >= 0.3 is 0 Å². The lowest BCUT2D eigenvalue weighted by Crippen LogP contribution is -2.03. The molecule has 1 aromatic rings. The average Bonchev–Trinajstić information content (AvgIpc) is 2.09. The van der Waals surface area contributed by atoms with E-state index in [1.165, 1.54) is 12.1 Å². The van der Waals surface area contributed by atoms with Crippen LogP contribution in [-0.2, 0) is 0 Å². The fourth-order valence-electron chi connectivity index (χ4n) is 0.887. The quantitative estimate of drug-likeness (QED) is 0.793. The average molecular weight is 202 g/mol. The molecule has 0 saturated heterocycles. The Labute approximate surface area is 84.1 Å². The molecule has 0 heterocycles. The van der Waals surface area contributed by atoms with E-state index >= 15 is 0 Å². The van der Waals surface area contributed by atoms with Crippen molar-refractivity contribution in [1.29, 1.82) is 0 Å². The molecule has 72 valence electrons. The minimum absolute atomic E-state index is 0. The van der Waals surface area contributed by atoms with Crippen molar-refractivity contribution < 1.29 is 4.39 Å². The highest BCUT2D eigenvalue weighted by atomic mass is 35.5. The summed E-state index contributed by atoms with van der Waals surface area (Å²) in [5, 5.41) is 2.99. The molecule has 0 radical (unpaired) electrons. The molecule has 0 amide bonds. The second-order valence-corrected chi connectivity index (χ2v) is 2.51. The molecule has 0 spiro atoms. The second kappa shape index (κ2) is 6.63. The number of rotatable bonds is 3.